The molecule has 15 heteroatoms. The molecule has 0 unspecified atom stereocenters. The first-order valence-electron chi connectivity index (χ1n) is 18.6. The predicted molar refractivity (Wildman–Crippen MR) is 193 cm³/mol. The highest BCUT2D eigenvalue weighted by atomic mass is 16.4. The van der Waals surface area contributed by atoms with E-state index < -0.39 is 47.7 Å². The number of guanidine groups is 1. The summed E-state index contributed by atoms with van der Waals surface area (Å²) in [6, 6.07) is -3.27. The van der Waals surface area contributed by atoms with E-state index in [1.807, 2.05) is 0 Å². The SMILES string of the molecule is CCCCCCCCCCCCCCCC(=O)NCC(=O)N[C@@H](CCC(N)=O)C(=O)N1CCC[C@H]1C(=O)N(C)[C@@H](CCCN=C(N)N)C(=O)O. The van der Waals surface area contributed by atoms with Crippen LogP contribution >= 0.6 is 0 Å². The summed E-state index contributed by atoms with van der Waals surface area (Å²) in [5.74, 6) is -4.00. The molecule has 9 N–H and O–H groups in total. The first kappa shape index (κ1) is 44.1. The molecule has 0 bridgehead atoms. The third-order valence-corrected chi connectivity index (χ3v) is 9.12. The lowest BCUT2D eigenvalue weighted by Crippen LogP contribution is -2.56. The summed E-state index contributed by atoms with van der Waals surface area (Å²) in [5.41, 5.74) is 16.0. The average Bonchev–Trinajstić information content (AvgIpc) is 3.56. The number of nitrogens with two attached hydrogens (primary N) is 3. The number of carboxylic acid groups (broad SMARTS) is 1. The predicted octanol–water partition coefficient (Wildman–Crippen LogP) is 2.29. The molecule has 0 aromatic carbocycles. The van der Waals surface area contributed by atoms with Crippen LogP contribution in [0.2, 0.25) is 0 Å². The van der Waals surface area contributed by atoms with E-state index in [0.717, 1.165) is 30.6 Å². The van der Waals surface area contributed by atoms with E-state index in [0.29, 0.717) is 25.7 Å². The zero-order valence-electron chi connectivity index (χ0n) is 30.5. The van der Waals surface area contributed by atoms with Gasteiger partial charge in [0.25, 0.3) is 0 Å². The Bertz CT molecular complexity index is 1100. The second-order valence-corrected chi connectivity index (χ2v) is 13.3. The Labute approximate surface area is 297 Å². The molecule has 0 radical (unpaired) electrons. The number of primary amides is 1. The van der Waals surface area contributed by atoms with Gasteiger partial charge in [-0.1, -0.05) is 84.0 Å². The molecule has 286 valence electrons. The summed E-state index contributed by atoms with van der Waals surface area (Å²) < 4.78 is 0. The molecule has 0 aromatic rings. The maximum absolute atomic E-state index is 13.6. The third-order valence-electron chi connectivity index (χ3n) is 9.12. The molecule has 1 fully saturated rings. The van der Waals surface area contributed by atoms with E-state index in [1.54, 1.807) is 0 Å². The van der Waals surface area contributed by atoms with Gasteiger partial charge in [-0.3, -0.25) is 29.0 Å². The molecule has 0 saturated carbocycles. The van der Waals surface area contributed by atoms with Crippen LogP contribution in [-0.4, -0.2) is 101 Å². The van der Waals surface area contributed by atoms with Crippen LogP contribution < -0.4 is 27.8 Å². The van der Waals surface area contributed by atoms with Crippen LogP contribution in [0.3, 0.4) is 0 Å². The second-order valence-electron chi connectivity index (χ2n) is 13.3. The van der Waals surface area contributed by atoms with E-state index in [9.17, 15) is 33.9 Å². The molecular formula is C35H64N8O7. The van der Waals surface area contributed by atoms with Crippen molar-refractivity contribution in [3.63, 3.8) is 0 Å². The number of hydrogen-bond acceptors (Lipinski definition) is 7. The number of aliphatic carboxylic acids is 1. The highest BCUT2D eigenvalue weighted by molar-refractivity contribution is 5.94. The third kappa shape index (κ3) is 18.7. The average molecular weight is 709 g/mol. The van der Waals surface area contributed by atoms with Crippen molar-refractivity contribution in [2.45, 2.75) is 153 Å². The number of carbonyl (C=O) groups is 6. The van der Waals surface area contributed by atoms with Gasteiger partial charge < -0.3 is 42.7 Å². The molecule has 0 spiro atoms. The maximum atomic E-state index is 13.6. The van der Waals surface area contributed by atoms with Crippen LogP contribution in [-0.2, 0) is 28.8 Å². The molecule has 1 heterocycles. The molecule has 5 amide bonds. The van der Waals surface area contributed by atoms with Gasteiger partial charge in [0.1, 0.15) is 18.1 Å². The van der Waals surface area contributed by atoms with Crippen LogP contribution in [0.1, 0.15) is 135 Å². The number of nitrogens with one attached hydrogen (secondary N) is 2. The Balaban J connectivity index is 2.57. The molecule has 1 aliphatic rings. The van der Waals surface area contributed by atoms with Gasteiger partial charge in [-0.2, -0.15) is 0 Å². The molecule has 1 aliphatic heterocycles. The Morgan fingerprint density at radius 1 is 0.820 bits per heavy atom. The zero-order chi connectivity index (χ0) is 37.3. The van der Waals surface area contributed by atoms with Crippen LogP contribution in [0.15, 0.2) is 4.99 Å². The Morgan fingerprint density at radius 3 is 1.94 bits per heavy atom. The highest BCUT2D eigenvalue weighted by Gasteiger charge is 2.41. The molecular weight excluding hydrogens is 644 g/mol. The highest BCUT2D eigenvalue weighted by Crippen LogP contribution is 2.23. The van der Waals surface area contributed by atoms with Crippen LogP contribution in [0.5, 0.6) is 0 Å². The number of unbranched alkanes of at least 4 members (excludes halogenated alkanes) is 12. The number of aliphatic imine (C=N–C) groups is 1. The topological polar surface area (TPSA) is 244 Å². The number of nitrogens with zero attached hydrogens (tertiary/aromatic N) is 3. The maximum Gasteiger partial charge on any atom is 0.326 e. The van der Waals surface area contributed by atoms with E-state index in [1.165, 1.54) is 69.7 Å². The first-order valence-corrected chi connectivity index (χ1v) is 18.6. The van der Waals surface area contributed by atoms with Crippen molar-refractivity contribution in [3.05, 3.63) is 0 Å². The van der Waals surface area contributed by atoms with Gasteiger partial charge in [-0.25, -0.2) is 4.79 Å². The van der Waals surface area contributed by atoms with Gasteiger partial charge >= 0.3 is 5.97 Å². The molecule has 15 nitrogen and oxygen atoms in total. The van der Waals surface area contributed by atoms with Crippen molar-refractivity contribution >= 4 is 41.5 Å². The van der Waals surface area contributed by atoms with Crippen molar-refractivity contribution in [3.8, 4) is 0 Å². The number of likely N-dealkylation sites (N-methyl/N-ethyl adjacent to an activating group) is 1. The van der Waals surface area contributed by atoms with Crippen LogP contribution in [0.25, 0.3) is 0 Å². The summed E-state index contributed by atoms with van der Waals surface area (Å²) in [5, 5.41) is 15.0. The van der Waals surface area contributed by atoms with Gasteiger partial charge in [0.2, 0.25) is 29.5 Å². The molecule has 50 heavy (non-hydrogen) atoms. The van der Waals surface area contributed by atoms with Gasteiger partial charge in [0.05, 0.1) is 6.54 Å². The summed E-state index contributed by atoms with van der Waals surface area (Å²) in [4.78, 5) is 82.1. The lowest BCUT2D eigenvalue weighted by atomic mass is 10.0. The van der Waals surface area contributed by atoms with E-state index in [4.69, 9.17) is 17.2 Å². The quantitative estimate of drug-likeness (QED) is 0.0396. The second kappa shape index (κ2) is 26.0. The number of likely N-dealkylation sites (tertiary alicyclic amines) is 1. The van der Waals surface area contributed by atoms with Gasteiger partial charge in [0.15, 0.2) is 5.96 Å². The van der Waals surface area contributed by atoms with Crippen molar-refractivity contribution in [1.82, 2.24) is 20.4 Å². The van der Waals surface area contributed by atoms with E-state index in [2.05, 4.69) is 22.5 Å². The fraction of sp³-hybridized carbons (Fsp3) is 0.800. The molecule has 0 aromatic heterocycles. The number of hydrogen-bond donors (Lipinski definition) is 6. The smallest absolute Gasteiger partial charge is 0.326 e. The summed E-state index contributed by atoms with van der Waals surface area (Å²) >= 11 is 0. The lowest BCUT2D eigenvalue weighted by Gasteiger charge is -2.33. The van der Waals surface area contributed by atoms with Crippen LogP contribution in [0, 0.1) is 0 Å². The minimum Gasteiger partial charge on any atom is -0.480 e. The first-order chi connectivity index (χ1) is 23.9. The molecule has 0 aliphatic carbocycles. The van der Waals surface area contributed by atoms with Crippen LogP contribution in [0.4, 0.5) is 0 Å². The number of carboxylic acids is 1. The lowest BCUT2D eigenvalue weighted by molar-refractivity contribution is -0.153. The van der Waals surface area contributed by atoms with Crippen molar-refractivity contribution in [2.24, 2.45) is 22.2 Å². The summed E-state index contributed by atoms with van der Waals surface area (Å²) in [6.45, 7) is 2.30. The Morgan fingerprint density at radius 2 is 1.40 bits per heavy atom. The minimum atomic E-state index is -1.20. The van der Waals surface area contributed by atoms with Crippen molar-refractivity contribution in [1.29, 1.82) is 0 Å². The summed E-state index contributed by atoms with van der Waals surface area (Å²) in [7, 11) is 1.37. The summed E-state index contributed by atoms with van der Waals surface area (Å²) in [6.07, 6.45) is 16.8. The largest absolute Gasteiger partial charge is 0.480 e. The zero-order valence-corrected chi connectivity index (χ0v) is 30.5. The fourth-order valence-corrected chi connectivity index (χ4v) is 6.21. The van der Waals surface area contributed by atoms with Crippen molar-refractivity contribution in [2.75, 3.05) is 26.7 Å². The number of rotatable bonds is 28. The van der Waals surface area contributed by atoms with E-state index >= 15 is 0 Å². The Kier molecular flexibility index (Phi) is 22.9. The Hall–Kier alpha value is -3.91. The molecule has 3 atom stereocenters. The van der Waals surface area contributed by atoms with Gasteiger partial charge in [0, 0.05) is 33.0 Å². The normalized spacial score (nSPS) is 15.2. The standard InChI is InChI=1S/C35H64N8O7/c1-3-4-5-6-7-8-9-10-11-12-13-14-15-20-30(45)40-25-31(46)41-26(21-22-29(36)44)32(47)43-24-17-19-27(43)33(48)42(2)28(34(49)50)18-16-23-39-35(37)38/h26-28H,3-25H2,1-2H3,(H2,36,44)(H,40,45)(H,41,46)(H,49,50)(H4,37,38,39)/t26-,27-,28-/m0/s1. The van der Waals surface area contributed by atoms with Crippen molar-refractivity contribution < 1.29 is 33.9 Å². The monoisotopic (exact) mass is 708 g/mol. The molecule has 1 rings (SSSR count). The molecule has 1 saturated heterocycles. The fourth-order valence-electron chi connectivity index (χ4n) is 6.21. The number of amides is 5. The van der Waals surface area contributed by atoms with Gasteiger partial charge in [-0.05, 0) is 38.5 Å². The minimum absolute atomic E-state index is 0.0946. The number of carbonyl (C=O) groups excluding carboxylic acids is 5. The van der Waals surface area contributed by atoms with E-state index in [-0.39, 0.29) is 50.8 Å². The van der Waals surface area contributed by atoms with Gasteiger partial charge in [-0.15, -0.1) is 0 Å².